The fourth-order valence-electron chi connectivity index (χ4n) is 6.36. The molecule has 9 heteroatoms. The van der Waals surface area contributed by atoms with Crippen LogP contribution in [0, 0.1) is 12.3 Å². The zero-order valence-electron chi connectivity index (χ0n) is 25.5. The summed E-state index contributed by atoms with van der Waals surface area (Å²) in [5.41, 5.74) is 8.53. The van der Waals surface area contributed by atoms with E-state index in [1.165, 1.54) is 38.7 Å². The summed E-state index contributed by atoms with van der Waals surface area (Å²) in [6.07, 6.45) is 6.34. The van der Waals surface area contributed by atoms with Crippen LogP contribution < -0.4 is 4.74 Å². The summed E-state index contributed by atoms with van der Waals surface area (Å²) in [5.74, 6) is 0.404. The van der Waals surface area contributed by atoms with Gasteiger partial charge in [-0.25, -0.2) is 9.78 Å². The number of rotatable bonds is 10. The predicted molar refractivity (Wildman–Crippen MR) is 163 cm³/mol. The zero-order valence-corrected chi connectivity index (χ0v) is 25.5. The standard InChI is InChI=1S/C34H40N4O5/c1-5-42-32-27(33(39)40)16-35-38(32)30-11-7-10-29(36-30)26-9-6-8-22(2)31(26)43-18-24-14-23(3)28-17-37(13-12-25(28)15-24)19-34(4)20-41-21-34/h7,9-11,14-16H,5-6,8,12-13,17-21H2,1-4H3,(H,39,40). The van der Waals surface area contributed by atoms with Crippen LogP contribution in [0.2, 0.25) is 0 Å². The Hall–Kier alpha value is -3.95. The molecule has 2 aromatic heterocycles. The van der Waals surface area contributed by atoms with Crippen LogP contribution in [0.3, 0.4) is 0 Å². The molecule has 1 aliphatic carbocycles. The van der Waals surface area contributed by atoms with Gasteiger partial charge in [0.2, 0.25) is 5.88 Å². The van der Waals surface area contributed by atoms with Gasteiger partial charge in [0.25, 0.3) is 0 Å². The summed E-state index contributed by atoms with van der Waals surface area (Å²) < 4.78 is 19.1. The molecule has 0 spiro atoms. The van der Waals surface area contributed by atoms with Crippen LogP contribution in [-0.4, -0.2) is 63.7 Å². The van der Waals surface area contributed by atoms with E-state index in [2.05, 4.69) is 49.0 Å². The number of aromatic nitrogens is 3. The highest BCUT2D eigenvalue weighted by molar-refractivity contribution is 5.90. The molecule has 4 heterocycles. The third kappa shape index (κ3) is 5.96. The number of aryl methyl sites for hydroxylation is 1. The minimum absolute atomic E-state index is 0.000919. The summed E-state index contributed by atoms with van der Waals surface area (Å²) in [7, 11) is 0. The maximum atomic E-state index is 11.7. The Morgan fingerprint density at radius 2 is 2.00 bits per heavy atom. The van der Waals surface area contributed by atoms with E-state index in [0.717, 1.165) is 69.1 Å². The van der Waals surface area contributed by atoms with Crippen LogP contribution in [0.4, 0.5) is 0 Å². The van der Waals surface area contributed by atoms with Gasteiger partial charge in [0.1, 0.15) is 17.9 Å². The molecule has 226 valence electrons. The van der Waals surface area contributed by atoms with Crippen molar-refractivity contribution in [2.75, 3.05) is 32.9 Å². The molecule has 0 saturated carbocycles. The molecule has 3 aromatic rings. The average molecular weight is 585 g/mol. The Morgan fingerprint density at radius 3 is 2.74 bits per heavy atom. The zero-order chi connectivity index (χ0) is 30.1. The van der Waals surface area contributed by atoms with Gasteiger partial charge in [0.15, 0.2) is 5.82 Å². The van der Waals surface area contributed by atoms with Crippen molar-refractivity contribution in [2.45, 2.75) is 60.1 Å². The lowest BCUT2D eigenvalue weighted by atomic mass is 9.86. The number of carboxylic acid groups (broad SMARTS) is 1. The Kier molecular flexibility index (Phi) is 8.11. The minimum atomic E-state index is -1.09. The third-order valence-corrected chi connectivity index (χ3v) is 8.56. The fraction of sp³-hybridized carbons (Fsp3) is 0.441. The van der Waals surface area contributed by atoms with Gasteiger partial charge in [-0.15, -0.1) is 0 Å². The van der Waals surface area contributed by atoms with Gasteiger partial charge in [-0.05, 0) is 80.0 Å². The number of pyridine rings is 1. The van der Waals surface area contributed by atoms with E-state index in [4.69, 9.17) is 19.2 Å². The monoisotopic (exact) mass is 584 g/mol. The van der Waals surface area contributed by atoms with Crippen LogP contribution in [0.25, 0.3) is 11.4 Å². The Balaban J connectivity index is 1.20. The number of carboxylic acids is 1. The summed E-state index contributed by atoms with van der Waals surface area (Å²) >= 11 is 0. The van der Waals surface area contributed by atoms with Gasteiger partial charge in [-0.2, -0.15) is 9.78 Å². The number of fused-ring (bicyclic) bond motifs is 1. The highest BCUT2D eigenvalue weighted by atomic mass is 16.5. The number of ether oxygens (including phenoxy) is 3. The van der Waals surface area contributed by atoms with Crippen molar-refractivity contribution in [2.24, 2.45) is 5.41 Å². The SMILES string of the molecule is CCOc1c(C(=O)O)cnn1-c1cccc(C2=CCCC(C)=C2OCc2cc(C)c3c(c2)CCN(CC2(C)COC2)C3)n1. The summed E-state index contributed by atoms with van der Waals surface area (Å²) in [4.78, 5) is 19.2. The molecule has 0 unspecified atom stereocenters. The molecule has 1 fully saturated rings. The number of nitrogens with zero attached hydrogens (tertiary/aromatic N) is 4. The lowest BCUT2D eigenvalue weighted by Crippen LogP contribution is -2.49. The average Bonchev–Trinajstić information content (AvgIpc) is 3.40. The third-order valence-electron chi connectivity index (χ3n) is 8.56. The molecule has 3 aliphatic rings. The minimum Gasteiger partial charge on any atom is -0.488 e. The number of carbonyl (C=O) groups is 1. The first-order valence-corrected chi connectivity index (χ1v) is 15.1. The van der Waals surface area contributed by atoms with E-state index in [1.807, 2.05) is 19.1 Å². The normalized spacial score (nSPS) is 18.1. The van der Waals surface area contributed by atoms with Gasteiger partial charge in [-0.1, -0.05) is 31.2 Å². The first kappa shape index (κ1) is 29.1. The Labute approximate surface area is 252 Å². The molecule has 0 amide bonds. The quantitative estimate of drug-likeness (QED) is 0.322. The van der Waals surface area contributed by atoms with Crippen molar-refractivity contribution in [3.8, 4) is 11.7 Å². The van der Waals surface area contributed by atoms with Crippen LogP contribution in [0.5, 0.6) is 5.88 Å². The van der Waals surface area contributed by atoms with Gasteiger partial charge < -0.3 is 19.3 Å². The number of hydrogen-bond acceptors (Lipinski definition) is 7. The molecule has 0 radical (unpaired) electrons. The van der Waals surface area contributed by atoms with Crippen LogP contribution in [0.15, 0.2) is 53.9 Å². The van der Waals surface area contributed by atoms with Crippen LogP contribution >= 0.6 is 0 Å². The highest BCUT2D eigenvalue weighted by Crippen LogP contribution is 2.35. The first-order valence-electron chi connectivity index (χ1n) is 15.1. The summed E-state index contributed by atoms with van der Waals surface area (Å²) in [6.45, 7) is 14.1. The van der Waals surface area contributed by atoms with Crippen LogP contribution in [-0.2, 0) is 29.0 Å². The van der Waals surface area contributed by atoms with Crippen molar-refractivity contribution in [3.05, 3.63) is 87.4 Å². The second kappa shape index (κ2) is 12.0. The maximum absolute atomic E-state index is 11.7. The molecule has 1 saturated heterocycles. The van der Waals surface area contributed by atoms with Gasteiger partial charge in [0.05, 0.1) is 31.7 Å². The molecule has 0 atom stereocenters. The van der Waals surface area contributed by atoms with E-state index in [-0.39, 0.29) is 16.9 Å². The highest BCUT2D eigenvalue weighted by Gasteiger charge is 2.36. The molecule has 0 bridgehead atoms. The number of aromatic carboxylic acids is 1. The van der Waals surface area contributed by atoms with E-state index < -0.39 is 5.97 Å². The van der Waals surface area contributed by atoms with Gasteiger partial charge >= 0.3 is 5.97 Å². The van der Waals surface area contributed by atoms with Crippen molar-refractivity contribution in [3.63, 3.8) is 0 Å². The van der Waals surface area contributed by atoms with Crippen molar-refractivity contribution < 1.29 is 24.1 Å². The molecule has 9 nitrogen and oxygen atoms in total. The molecule has 2 aliphatic heterocycles. The van der Waals surface area contributed by atoms with Crippen LogP contribution in [0.1, 0.15) is 71.9 Å². The lowest BCUT2D eigenvalue weighted by Gasteiger charge is -2.43. The van der Waals surface area contributed by atoms with Crippen molar-refractivity contribution in [1.29, 1.82) is 0 Å². The molecular formula is C34H40N4O5. The van der Waals surface area contributed by atoms with E-state index in [9.17, 15) is 9.90 Å². The maximum Gasteiger partial charge on any atom is 0.342 e. The van der Waals surface area contributed by atoms with E-state index >= 15 is 0 Å². The number of allylic oxidation sites excluding steroid dienone is 3. The van der Waals surface area contributed by atoms with Crippen molar-refractivity contribution >= 4 is 11.5 Å². The van der Waals surface area contributed by atoms with Crippen molar-refractivity contribution in [1.82, 2.24) is 19.7 Å². The van der Waals surface area contributed by atoms with E-state index in [0.29, 0.717) is 19.0 Å². The summed E-state index contributed by atoms with van der Waals surface area (Å²) in [6, 6.07) is 10.2. The lowest BCUT2D eigenvalue weighted by molar-refractivity contribution is -0.116. The first-order chi connectivity index (χ1) is 20.7. The smallest absolute Gasteiger partial charge is 0.342 e. The molecule has 1 aromatic carbocycles. The predicted octanol–water partition coefficient (Wildman–Crippen LogP) is 5.74. The Morgan fingerprint density at radius 1 is 1.16 bits per heavy atom. The molecular weight excluding hydrogens is 544 g/mol. The Bertz CT molecular complexity index is 1600. The van der Waals surface area contributed by atoms with Gasteiger partial charge in [0, 0.05) is 30.6 Å². The number of benzene rings is 1. The summed E-state index contributed by atoms with van der Waals surface area (Å²) in [5, 5.41) is 13.9. The largest absolute Gasteiger partial charge is 0.488 e. The van der Waals surface area contributed by atoms with Gasteiger partial charge in [-0.3, -0.25) is 4.90 Å². The molecule has 6 rings (SSSR count). The second-order valence-corrected chi connectivity index (χ2v) is 12.3. The molecule has 43 heavy (non-hydrogen) atoms. The second-order valence-electron chi connectivity index (χ2n) is 12.3. The molecule has 1 N–H and O–H groups in total. The fourth-order valence-corrected chi connectivity index (χ4v) is 6.36. The van der Waals surface area contributed by atoms with E-state index in [1.54, 1.807) is 6.07 Å². The number of hydrogen-bond donors (Lipinski definition) is 1. The topological polar surface area (TPSA) is 98.9 Å².